The lowest BCUT2D eigenvalue weighted by Gasteiger charge is -2.27. The first-order valence-electron chi connectivity index (χ1n) is 14.7. The molecule has 2 heterocycles. The van der Waals surface area contributed by atoms with Gasteiger partial charge in [0.2, 0.25) is 0 Å². The summed E-state index contributed by atoms with van der Waals surface area (Å²) < 4.78 is 4.79. The van der Waals surface area contributed by atoms with Gasteiger partial charge in [-0.05, 0) is 98.8 Å². The molecule has 0 fully saturated rings. The molecule has 206 valence electrons. The zero-order valence-electron chi connectivity index (χ0n) is 24.9. The van der Waals surface area contributed by atoms with Crippen LogP contribution in [0.3, 0.4) is 0 Å². The van der Waals surface area contributed by atoms with Crippen molar-refractivity contribution in [2.45, 2.75) is 40.2 Å². The van der Waals surface area contributed by atoms with Crippen molar-refractivity contribution in [1.29, 1.82) is 0 Å². The molecule has 7 rings (SSSR count). The predicted octanol–water partition coefficient (Wildman–Crippen LogP) is 10.4. The Kier molecular flexibility index (Phi) is 6.13. The van der Waals surface area contributed by atoms with E-state index in [1.165, 1.54) is 55.3 Å². The van der Waals surface area contributed by atoms with Crippen LogP contribution in [0.1, 0.15) is 31.9 Å². The highest BCUT2D eigenvalue weighted by Crippen LogP contribution is 2.39. The van der Waals surface area contributed by atoms with Crippen molar-refractivity contribution in [2.75, 3.05) is 0 Å². The number of hydrogen-bond acceptors (Lipinski definition) is 1. The van der Waals surface area contributed by atoms with Crippen LogP contribution < -0.4 is 0 Å². The maximum atomic E-state index is 4.97. The van der Waals surface area contributed by atoms with Crippen LogP contribution in [0.25, 0.3) is 61.3 Å². The first kappa shape index (κ1) is 26.0. The van der Waals surface area contributed by atoms with E-state index in [4.69, 9.17) is 4.98 Å². The molecule has 0 spiro atoms. The number of benzene rings is 5. The first-order valence-corrected chi connectivity index (χ1v) is 14.7. The van der Waals surface area contributed by atoms with Gasteiger partial charge in [-0.1, -0.05) is 78.9 Å². The summed E-state index contributed by atoms with van der Waals surface area (Å²) in [7, 11) is 0. The van der Waals surface area contributed by atoms with E-state index in [2.05, 4.69) is 159 Å². The second kappa shape index (κ2) is 9.88. The molecule has 0 saturated heterocycles. The number of nitrogens with zero attached hydrogens (tertiary/aromatic N) is 3. The number of rotatable bonds is 4. The number of aromatic nitrogens is 3. The molecule has 0 N–H and O–H groups in total. The van der Waals surface area contributed by atoms with Crippen LogP contribution in [-0.4, -0.2) is 14.1 Å². The van der Waals surface area contributed by atoms with Crippen molar-refractivity contribution >= 4 is 21.8 Å². The Balaban J connectivity index is 1.41. The van der Waals surface area contributed by atoms with Crippen molar-refractivity contribution < 1.29 is 0 Å². The Bertz CT molecular complexity index is 2070. The fraction of sp³-hybridized carbons (Fsp3) is 0.154. The summed E-state index contributed by atoms with van der Waals surface area (Å²) in [6.07, 6.45) is 2.01. The zero-order valence-corrected chi connectivity index (χ0v) is 24.9. The Morgan fingerprint density at radius 1 is 0.571 bits per heavy atom. The van der Waals surface area contributed by atoms with E-state index in [1.54, 1.807) is 0 Å². The van der Waals surface area contributed by atoms with Gasteiger partial charge < -0.3 is 9.13 Å². The lowest BCUT2D eigenvalue weighted by atomic mass is 10.0. The van der Waals surface area contributed by atoms with Gasteiger partial charge in [-0.15, -0.1) is 0 Å². The predicted molar refractivity (Wildman–Crippen MR) is 177 cm³/mol. The van der Waals surface area contributed by atoms with E-state index in [0.717, 1.165) is 17.1 Å². The summed E-state index contributed by atoms with van der Waals surface area (Å²) in [5.74, 6) is 0.988. The number of imidazole rings is 1. The smallest absolute Gasteiger partial charge is 0.140 e. The van der Waals surface area contributed by atoms with Crippen molar-refractivity contribution in [1.82, 2.24) is 14.1 Å². The minimum Gasteiger partial charge on any atom is -0.319 e. The molecule has 0 aliphatic rings. The Hall–Kier alpha value is -4.89. The monoisotopic (exact) mass is 545 g/mol. The summed E-state index contributed by atoms with van der Waals surface area (Å²) in [5, 5.41) is 2.59. The minimum atomic E-state index is -0.135. The molecule has 0 saturated carbocycles. The molecule has 0 amide bonds. The molecular weight excluding hydrogens is 510 g/mol. The molecule has 3 heteroatoms. The van der Waals surface area contributed by atoms with Gasteiger partial charge in [-0.25, -0.2) is 4.98 Å². The molecule has 0 unspecified atom stereocenters. The molecule has 5 aromatic carbocycles. The highest BCUT2D eigenvalue weighted by Gasteiger charge is 2.24. The van der Waals surface area contributed by atoms with E-state index >= 15 is 0 Å². The average Bonchev–Trinajstić information content (AvgIpc) is 3.59. The van der Waals surface area contributed by atoms with Gasteiger partial charge in [0.25, 0.3) is 0 Å². The second-order valence-corrected chi connectivity index (χ2v) is 12.2. The third kappa shape index (κ3) is 4.24. The Morgan fingerprint density at radius 2 is 1.26 bits per heavy atom. The first-order chi connectivity index (χ1) is 20.3. The fourth-order valence-electron chi connectivity index (χ4n) is 6.41. The van der Waals surface area contributed by atoms with Crippen LogP contribution in [-0.2, 0) is 5.54 Å². The van der Waals surface area contributed by atoms with Crippen LogP contribution in [0.5, 0.6) is 0 Å². The zero-order chi connectivity index (χ0) is 29.0. The summed E-state index contributed by atoms with van der Waals surface area (Å²) in [4.78, 5) is 4.97. The van der Waals surface area contributed by atoms with Gasteiger partial charge in [0, 0.05) is 27.6 Å². The molecule has 0 radical (unpaired) electrons. The lowest BCUT2D eigenvalue weighted by molar-refractivity contribution is 0.405. The van der Waals surface area contributed by atoms with Gasteiger partial charge in [-0.3, -0.25) is 0 Å². The third-order valence-electron chi connectivity index (χ3n) is 8.30. The van der Waals surface area contributed by atoms with Crippen molar-refractivity contribution in [3.8, 4) is 39.5 Å². The van der Waals surface area contributed by atoms with Crippen LogP contribution in [0.2, 0.25) is 0 Å². The van der Waals surface area contributed by atoms with Gasteiger partial charge in [0.05, 0.1) is 22.9 Å². The molecule has 3 nitrogen and oxygen atoms in total. The SMILES string of the molecule is Cc1cc(-c2ncc(-c3ccccc3)n2C(C)(C)C)ccc1-n1c2ccc(-c3ccccc3)cc2c2c(C)cccc21. The van der Waals surface area contributed by atoms with Crippen LogP contribution >= 0.6 is 0 Å². The molecule has 2 aromatic heterocycles. The number of fused-ring (bicyclic) bond motifs is 3. The lowest BCUT2D eigenvalue weighted by Crippen LogP contribution is -2.23. The van der Waals surface area contributed by atoms with Crippen molar-refractivity contribution in [3.05, 3.63) is 133 Å². The van der Waals surface area contributed by atoms with Crippen molar-refractivity contribution in [2.24, 2.45) is 0 Å². The molecule has 42 heavy (non-hydrogen) atoms. The third-order valence-corrected chi connectivity index (χ3v) is 8.30. The molecule has 7 aromatic rings. The molecule has 0 atom stereocenters. The van der Waals surface area contributed by atoms with Gasteiger partial charge in [0.1, 0.15) is 5.82 Å². The standard InChI is InChI=1S/C39H35N3/c1-26-13-12-18-35-37(26)32-24-30(28-14-8-6-9-15-28)19-22-34(32)41(35)33-21-20-31(23-27(33)2)38-40-25-36(42(38)39(3,4)5)29-16-10-7-11-17-29/h6-25H,1-5H3. The maximum absolute atomic E-state index is 4.97. The molecule has 0 aliphatic heterocycles. The van der Waals surface area contributed by atoms with E-state index < -0.39 is 0 Å². The van der Waals surface area contributed by atoms with E-state index in [-0.39, 0.29) is 5.54 Å². The summed E-state index contributed by atoms with van der Waals surface area (Å²) in [6.45, 7) is 11.2. The van der Waals surface area contributed by atoms with Crippen molar-refractivity contribution in [3.63, 3.8) is 0 Å². The van der Waals surface area contributed by atoms with Gasteiger partial charge in [0.15, 0.2) is 0 Å². The Morgan fingerprint density at radius 3 is 1.95 bits per heavy atom. The van der Waals surface area contributed by atoms with E-state index in [1.807, 2.05) is 6.20 Å². The average molecular weight is 546 g/mol. The second-order valence-electron chi connectivity index (χ2n) is 12.2. The van der Waals surface area contributed by atoms with Crippen LogP contribution in [0, 0.1) is 13.8 Å². The summed E-state index contributed by atoms with van der Waals surface area (Å²) >= 11 is 0. The topological polar surface area (TPSA) is 22.8 Å². The number of hydrogen-bond donors (Lipinski definition) is 0. The maximum Gasteiger partial charge on any atom is 0.140 e. The minimum absolute atomic E-state index is 0.135. The van der Waals surface area contributed by atoms with Crippen LogP contribution in [0.15, 0.2) is 121 Å². The van der Waals surface area contributed by atoms with E-state index in [9.17, 15) is 0 Å². The van der Waals surface area contributed by atoms with E-state index in [0.29, 0.717) is 0 Å². The highest BCUT2D eigenvalue weighted by atomic mass is 15.1. The fourth-order valence-corrected chi connectivity index (χ4v) is 6.41. The number of aryl methyl sites for hydroxylation is 2. The largest absolute Gasteiger partial charge is 0.319 e. The van der Waals surface area contributed by atoms with Gasteiger partial charge >= 0.3 is 0 Å². The van der Waals surface area contributed by atoms with Crippen LogP contribution in [0.4, 0.5) is 0 Å². The summed E-state index contributed by atoms with van der Waals surface area (Å²) in [6, 6.07) is 41.5. The molecule has 0 aliphatic carbocycles. The van der Waals surface area contributed by atoms with Gasteiger partial charge in [-0.2, -0.15) is 0 Å². The molecule has 0 bridgehead atoms. The Labute approximate surface area is 247 Å². The summed E-state index contributed by atoms with van der Waals surface area (Å²) in [5.41, 5.74) is 11.9. The normalized spacial score (nSPS) is 11.9. The quantitative estimate of drug-likeness (QED) is 0.216. The molecular formula is C39H35N3. The highest BCUT2D eigenvalue weighted by molar-refractivity contribution is 6.12.